The maximum atomic E-state index is 4.26. The zero-order chi connectivity index (χ0) is 10.7. The molecule has 0 fully saturated rings. The zero-order valence-electron chi connectivity index (χ0n) is 8.95. The molecule has 15 heavy (non-hydrogen) atoms. The van der Waals surface area contributed by atoms with Gasteiger partial charge in [-0.15, -0.1) is 11.3 Å². The Hall–Kier alpha value is -1.35. The van der Waals surface area contributed by atoms with Gasteiger partial charge in [-0.2, -0.15) is 0 Å². The lowest BCUT2D eigenvalue weighted by atomic mass is 10.1. The molecule has 1 aromatic heterocycles. The molecule has 1 heterocycles. The van der Waals surface area contributed by atoms with Crippen molar-refractivity contribution in [3.8, 4) is 0 Å². The first-order valence-electron chi connectivity index (χ1n) is 4.96. The Bertz CT molecular complexity index is 431. The monoisotopic (exact) mass is 218 g/mol. The van der Waals surface area contributed by atoms with Crippen LogP contribution in [0.15, 0.2) is 30.5 Å². The molecule has 2 aromatic rings. The van der Waals surface area contributed by atoms with Crippen LogP contribution in [0.3, 0.4) is 0 Å². The summed E-state index contributed by atoms with van der Waals surface area (Å²) in [5.74, 6) is 0. The Balaban J connectivity index is 1.96. The smallest absolute Gasteiger partial charge is 0.183 e. The second kappa shape index (κ2) is 4.45. The van der Waals surface area contributed by atoms with Crippen molar-refractivity contribution < 1.29 is 0 Å². The second-order valence-corrected chi connectivity index (χ2v) is 4.85. The second-order valence-electron chi connectivity index (χ2n) is 3.62. The molecule has 2 rings (SSSR count). The first-order valence-corrected chi connectivity index (χ1v) is 5.77. The third-order valence-electron chi connectivity index (χ3n) is 2.19. The number of nitrogens with one attached hydrogen (secondary N) is 1. The molecule has 0 spiro atoms. The van der Waals surface area contributed by atoms with Crippen molar-refractivity contribution in [3.63, 3.8) is 0 Å². The molecule has 0 aliphatic carbocycles. The van der Waals surface area contributed by atoms with Crippen LogP contribution < -0.4 is 5.32 Å². The third kappa shape index (κ3) is 2.80. The Morgan fingerprint density at radius 3 is 2.53 bits per heavy atom. The number of aryl methyl sites for hydroxylation is 2. The number of hydrogen-bond acceptors (Lipinski definition) is 3. The van der Waals surface area contributed by atoms with E-state index < -0.39 is 0 Å². The number of anilines is 1. The maximum absolute atomic E-state index is 4.26. The van der Waals surface area contributed by atoms with Crippen LogP contribution in [0.4, 0.5) is 5.13 Å². The minimum absolute atomic E-state index is 0.841. The highest BCUT2D eigenvalue weighted by atomic mass is 32.1. The van der Waals surface area contributed by atoms with Crippen LogP contribution in [0.2, 0.25) is 0 Å². The van der Waals surface area contributed by atoms with Gasteiger partial charge in [-0.05, 0) is 19.4 Å². The fraction of sp³-hybridized carbons (Fsp3) is 0.250. The van der Waals surface area contributed by atoms with Gasteiger partial charge >= 0.3 is 0 Å². The summed E-state index contributed by atoms with van der Waals surface area (Å²) < 4.78 is 0. The van der Waals surface area contributed by atoms with Crippen LogP contribution in [0.5, 0.6) is 0 Å². The SMILES string of the molecule is Cc1ccc(CNc2ncc(C)s2)cc1. The molecule has 78 valence electrons. The van der Waals surface area contributed by atoms with Gasteiger partial charge in [0.1, 0.15) is 0 Å². The highest BCUT2D eigenvalue weighted by Gasteiger charge is 1.97. The van der Waals surface area contributed by atoms with Gasteiger partial charge in [0.15, 0.2) is 5.13 Å². The first-order chi connectivity index (χ1) is 7.24. The minimum atomic E-state index is 0.841. The van der Waals surface area contributed by atoms with Crippen LogP contribution in [-0.2, 0) is 6.54 Å². The predicted molar refractivity (Wildman–Crippen MR) is 65.4 cm³/mol. The molecule has 0 saturated heterocycles. The summed E-state index contributed by atoms with van der Waals surface area (Å²) in [6, 6.07) is 8.54. The summed E-state index contributed by atoms with van der Waals surface area (Å²) >= 11 is 1.69. The molecule has 0 aliphatic rings. The summed E-state index contributed by atoms with van der Waals surface area (Å²) in [5, 5.41) is 4.30. The molecule has 0 radical (unpaired) electrons. The van der Waals surface area contributed by atoms with Crippen LogP contribution in [-0.4, -0.2) is 4.98 Å². The average Bonchev–Trinajstić information content (AvgIpc) is 2.64. The third-order valence-corrected chi connectivity index (χ3v) is 3.06. The van der Waals surface area contributed by atoms with E-state index in [1.165, 1.54) is 16.0 Å². The standard InChI is InChI=1S/C12H14N2S/c1-9-3-5-11(6-4-9)8-14-12-13-7-10(2)15-12/h3-7H,8H2,1-2H3,(H,13,14). The van der Waals surface area contributed by atoms with E-state index in [0.717, 1.165) is 11.7 Å². The fourth-order valence-electron chi connectivity index (χ4n) is 1.32. The van der Waals surface area contributed by atoms with Crippen molar-refractivity contribution in [1.29, 1.82) is 0 Å². The summed E-state index contributed by atoms with van der Waals surface area (Å²) in [6.07, 6.45) is 1.89. The number of nitrogens with zero attached hydrogens (tertiary/aromatic N) is 1. The minimum Gasteiger partial charge on any atom is -0.357 e. The average molecular weight is 218 g/mol. The largest absolute Gasteiger partial charge is 0.357 e. The van der Waals surface area contributed by atoms with Gasteiger partial charge in [-0.3, -0.25) is 0 Å². The lowest BCUT2D eigenvalue weighted by Crippen LogP contribution is -1.98. The molecule has 1 N–H and O–H groups in total. The number of aromatic nitrogens is 1. The molecule has 0 unspecified atom stereocenters. The van der Waals surface area contributed by atoms with Crippen molar-refractivity contribution in [1.82, 2.24) is 4.98 Å². The Morgan fingerprint density at radius 1 is 1.20 bits per heavy atom. The molecular weight excluding hydrogens is 204 g/mol. The summed E-state index contributed by atoms with van der Waals surface area (Å²) in [7, 11) is 0. The number of hydrogen-bond donors (Lipinski definition) is 1. The summed E-state index contributed by atoms with van der Waals surface area (Å²) in [4.78, 5) is 5.49. The van der Waals surface area contributed by atoms with Gasteiger partial charge in [0.05, 0.1) is 0 Å². The molecule has 2 nitrogen and oxygen atoms in total. The Labute approximate surface area is 94.0 Å². The summed E-state index contributed by atoms with van der Waals surface area (Å²) in [5.41, 5.74) is 2.58. The van der Waals surface area contributed by atoms with Gasteiger partial charge in [0.25, 0.3) is 0 Å². The molecule has 1 aromatic carbocycles. The topological polar surface area (TPSA) is 24.9 Å². The maximum Gasteiger partial charge on any atom is 0.183 e. The van der Waals surface area contributed by atoms with Crippen molar-refractivity contribution in [2.75, 3.05) is 5.32 Å². The van der Waals surface area contributed by atoms with Crippen molar-refractivity contribution in [2.45, 2.75) is 20.4 Å². The molecule has 0 bridgehead atoms. The van der Waals surface area contributed by atoms with Gasteiger partial charge in [-0.1, -0.05) is 29.8 Å². The molecule has 0 atom stereocenters. The molecular formula is C12H14N2S. The van der Waals surface area contributed by atoms with Crippen LogP contribution >= 0.6 is 11.3 Å². The van der Waals surface area contributed by atoms with Gasteiger partial charge in [0, 0.05) is 17.6 Å². The zero-order valence-corrected chi connectivity index (χ0v) is 9.77. The normalized spacial score (nSPS) is 10.3. The molecule has 3 heteroatoms. The van der Waals surface area contributed by atoms with Gasteiger partial charge in [0.2, 0.25) is 0 Å². The number of benzene rings is 1. The molecule has 0 aliphatic heterocycles. The summed E-state index contributed by atoms with van der Waals surface area (Å²) in [6.45, 7) is 5.00. The number of rotatable bonds is 3. The molecule has 0 saturated carbocycles. The fourth-order valence-corrected chi connectivity index (χ4v) is 1.98. The van der Waals surface area contributed by atoms with E-state index in [2.05, 4.69) is 48.4 Å². The van der Waals surface area contributed by atoms with Crippen molar-refractivity contribution in [2.24, 2.45) is 0 Å². The highest BCUT2D eigenvalue weighted by molar-refractivity contribution is 7.15. The highest BCUT2D eigenvalue weighted by Crippen LogP contribution is 2.17. The van der Waals surface area contributed by atoms with E-state index in [0.29, 0.717) is 0 Å². The first kappa shape index (κ1) is 10.2. The van der Waals surface area contributed by atoms with E-state index in [4.69, 9.17) is 0 Å². The number of thiazole rings is 1. The Morgan fingerprint density at radius 2 is 1.93 bits per heavy atom. The quantitative estimate of drug-likeness (QED) is 0.854. The van der Waals surface area contributed by atoms with E-state index in [1.807, 2.05) is 6.20 Å². The lowest BCUT2D eigenvalue weighted by molar-refractivity contribution is 1.13. The van der Waals surface area contributed by atoms with E-state index in [9.17, 15) is 0 Å². The van der Waals surface area contributed by atoms with Crippen LogP contribution in [0.1, 0.15) is 16.0 Å². The van der Waals surface area contributed by atoms with Gasteiger partial charge < -0.3 is 5.32 Å². The molecule has 0 amide bonds. The lowest BCUT2D eigenvalue weighted by Gasteiger charge is -2.02. The van der Waals surface area contributed by atoms with E-state index in [-0.39, 0.29) is 0 Å². The van der Waals surface area contributed by atoms with Crippen LogP contribution in [0, 0.1) is 13.8 Å². The van der Waals surface area contributed by atoms with E-state index in [1.54, 1.807) is 11.3 Å². The van der Waals surface area contributed by atoms with Crippen molar-refractivity contribution >= 4 is 16.5 Å². The van der Waals surface area contributed by atoms with E-state index >= 15 is 0 Å². The van der Waals surface area contributed by atoms with Crippen molar-refractivity contribution in [3.05, 3.63) is 46.5 Å². The Kier molecular flexibility index (Phi) is 3.02. The predicted octanol–water partition coefficient (Wildman–Crippen LogP) is 3.37. The van der Waals surface area contributed by atoms with Gasteiger partial charge in [-0.25, -0.2) is 4.98 Å². The van der Waals surface area contributed by atoms with Crippen LogP contribution in [0.25, 0.3) is 0 Å².